The second-order valence-electron chi connectivity index (χ2n) is 8.84. The molecule has 0 saturated heterocycles. The Labute approximate surface area is 186 Å². The molecule has 1 saturated carbocycles. The highest BCUT2D eigenvalue weighted by Crippen LogP contribution is 2.40. The van der Waals surface area contributed by atoms with E-state index in [4.69, 9.17) is 9.73 Å². The molecule has 1 fully saturated rings. The maximum atomic E-state index is 13.3. The zero-order valence-electron chi connectivity index (χ0n) is 19.1. The topological polar surface area (TPSA) is 41.9 Å². The quantitative estimate of drug-likeness (QED) is 0.514. The van der Waals surface area contributed by atoms with Crippen molar-refractivity contribution in [3.8, 4) is 16.9 Å². The maximum absolute atomic E-state index is 13.3. The Balaban J connectivity index is 1.56. The van der Waals surface area contributed by atoms with E-state index in [9.17, 15) is 4.79 Å². The minimum atomic E-state index is -0.459. The number of methoxy groups -OCH3 is 1. The summed E-state index contributed by atoms with van der Waals surface area (Å²) in [5.41, 5.74) is 4.39. The van der Waals surface area contributed by atoms with Crippen LogP contribution in [0.25, 0.3) is 11.1 Å². The molecule has 0 aromatic heterocycles. The van der Waals surface area contributed by atoms with Gasteiger partial charge in [0.15, 0.2) is 0 Å². The van der Waals surface area contributed by atoms with Crippen molar-refractivity contribution >= 4 is 11.7 Å². The van der Waals surface area contributed by atoms with Gasteiger partial charge in [0.05, 0.1) is 13.7 Å². The zero-order valence-corrected chi connectivity index (χ0v) is 19.1. The minimum Gasteiger partial charge on any atom is -0.497 e. The number of amidine groups is 1. The van der Waals surface area contributed by atoms with Crippen LogP contribution in [-0.4, -0.2) is 29.3 Å². The van der Waals surface area contributed by atoms with E-state index >= 15 is 0 Å². The number of hydrogen-bond acceptors (Lipinski definition) is 3. The lowest BCUT2D eigenvalue weighted by Crippen LogP contribution is -2.40. The molecular formula is C27H34N2O2. The van der Waals surface area contributed by atoms with Gasteiger partial charge < -0.3 is 4.74 Å². The number of rotatable bonds is 8. The molecular weight excluding hydrogens is 384 g/mol. The monoisotopic (exact) mass is 418 g/mol. The molecule has 4 heteroatoms. The molecule has 1 spiro atoms. The van der Waals surface area contributed by atoms with Crippen LogP contribution in [0.3, 0.4) is 0 Å². The average Bonchev–Trinajstić information content (AvgIpc) is 3.38. The number of unbranched alkanes of at least 4 members (excludes halogenated alkanes) is 1. The van der Waals surface area contributed by atoms with E-state index in [0.717, 1.165) is 68.5 Å². The van der Waals surface area contributed by atoms with Crippen LogP contribution in [0.15, 0.2) is 47.5 Å². The second-order valence-corrected chi connectivity index (χ2v) is 8.84. The third-order valence-electron chi connectivity index (χ3n) is 6.79. The summed E-state index contributed by atoms with van der Waals surface area (Å²) in [6.07, 6.45) is 8.10. The van der Waals surface area contributed by atoms with E-state index in [1.54, 1.807) is 7.11 Å². The molecule has 0 radical (unpaired) electrons. The Kier molecular flexibility index (Phi) is 6.45. The average molecular weight is 419 g/mol. The lowest BCUT2D eigenvalue weighted by molar-refractivity contribution is -0.131. The van der Waals surface area contributed by atoms with Crippen molar-refractivity contribution in [3.63, 3.8) is 0 Å². The highest BCUT2D eigenvalue weighted by atomic mass is 16.5. The van der Waals surface area contributed by atoms with Gasteiger partial charge in [-0.3, -0.25) is 14.7 Å². The number of carbonyl (C=O) groups excluding carboxylic acids is 1. The van der Waals surface area contributed by atoms with Crippen molar-refractivity contribution in [1.29, 1.82) is 0 Å². The van der Waals surface area contributed by atoms with Gasteiger partial charge in [-0.05, 0) is 60.1 Å². The van der Waals surface area contributed by atoms with Crippen molar-refractivity contribution in [2.24, 2.45) is 4.99 Å². The van der Waals surface area contributed by atoms with Gasteiger partial charge in [0, 0.05) is 6.42 Å². The van der Waals surface area contributed by atoms with E-state index < -0.39 is 5.54 Å². The number of hydrogen-bond donors (Lipinski definition) is 0. The fourth-order valence-corrected chi connectivity index (χ4v) is 4.93. The van der Waals surface area contributed by atoms with E-state index in [-0.39, 0.29) is 5.91 Å². The predicted octanol–water partition coefficient (Wildman–Crippen LogP) is 6.17. The summed E-state index contributed by atoms with van der Waals surface area (Å²) >= 11 is 0. The SMILES string of the molecule is CCCCC1=NC2(CCCC2)C(=O)N1Cc1ccc(-c2cc(OC)ccc2CC)cc1. The molecule has 2 aromatic rings. The number of ether oxygens (including phenoxy) is 1. The van der Waals surface area contributed by atoms with Gasteiger partial charge in [-0.15, -0.1) is 0 Å². The normalized spacial score (nSPS) is 17.5. The Morgan fingerprint density at radius 3 is 2.45 bits per heavy atom. The summed E-state index contributed by atoms with van der Waals surface area (Å²) < 4.78 is 5.43. The molecule has 0 unspecified atom stereocenters. The van der Waals surface area contributed by atoms with Crippen molar-refractivity contribution in [2.75, 3.05) is 7.11 Å². The van der Waals surface area contributed by atoms with Crippen LogP contribution in [-0.2, 0) is 17.8 Å². The van der Waals surface area contributed by atoms with Crippen molar-refractivity contribution < 1.29 is 9.53 Å². The standard InChI is InChI=1S/C27H34N2O2/c1-4-6-9-25-28-27(16-7-8-17-27)26(30)29(25)19-20-10-12-22(13-11-20)24-18-23(31-3)15-14-21(24)5-2/h10-15,18H,4-9,16-17,19H2,1-3H3. The highest BCUT2D eigenvalue weighted by molar-refractivity contribution is 6.08. The van der Waals surface area contributed by atoms with E-state index in [2.05, 4.69) is 50.2 Å². The summed E-state index contributed by atoms with van der Waals surface area (Å²) in [7, 11) is 1.70. The number of nitrogens with zero attached hydrogens (tertiary/aromatic N) is 2. The Bertz CT molecular complexity index is 956. The zero-order chi connectivity index (χ0) is 21.8. The molecule has 0 N–H and O–H groups in total. The van der Waals surface area contributed by atoms with Crippen LogP contribution in [0.2, 0.25) is 0 Å². The lowest BCUT2D eigenvalue weighted by Gasteiger charge is -2.23. The summed E-state index contributed by atoms with van der Waals surface area (Å²) in [5.74, 6) is 2.10. The molecule has 2 aromatic carbocycles. The number of aryl methyl sites for hydroxylation is 1. The number of carbonyl (C=O) groups is 1. The second kappa shape index (κ2) is 9.25. The van der Waals surface area contributed by atoms with Crippen LogP contribution in [0.5, 0.6) is 5.75 Å². The first-order valence-corrected chi connectivity index (χ1v) is 11.8. The summed E-state index contributed by atoms with van der Waals surface area (Å²) in [5, 5.41) is 0. The largest absolute Gasteiger partial charge is 0.497 e. The van der Waals surface area contributed by atoms with Crippen LogP contribution in [0.1, 0.15) is 69.9 Å². The van der Waals surface area contributed by atoms with Gasteiger partial charge in [-0.1, -0.05) is 63.4 Å². The van der Waals surface area contributed by atoms with Gasteiger partial charge in [0.2, 0.25) is 0 Å². The molecule has 0 atom stereocenters. The minimum absolute atomic E-state index is 0.223. The molecule has 1 heterocycles. The molecule has 31 heavy (non-hydrogen) atoms. The first kappa shape index (κ1) is 21.6. The van der Waals surface area contributed by atoms with E-state index in [1.807, 2.05) is 11.0 Å². The molecule has 1 amide bonds. The molecule has 4 rings (SSSR count). The maximum Gasteiger partial charge on any atom is 0.256 e. The van der Waals surface area contributed by atoms with Crippen LogP contribution < -0.4 is 4.74 Å². The van der Waals surface area contributed by atoms with Crippen LogP contribution in [0, 0.1) is 0 Å². The van der Waals surface area contributed by atoms with Crippen LogP contribution in [0.4, 0.5) is 0 Å². The van der Waals surface area contributed by atoms with Gasteiger partial charge >= 0.3 is 0 Å². The fourth-order valence-electron chi connectivity index (χ4n) is 4.93. The molecule has 0 bridgehead atoms. The number of amides is 1. The van der Waals surface area contributed by atoms with Gasteiger partial charge in [-0.25, -0.2) is 0 Å². The van der Waals surface area contributed by atoms with Gasteiger partial charge in [-0.2, -0.15) is 0 Å². The first-order valence-electron chi connectivity index (χ1n) is 11.8. The van der Waals surface area contributed by atoms with E-state index in [0.29, 0.717) is 6.54 Å². The van der Waals surface area contributed by atoms with Gasteiger partial charge in [0.1, 0.15) is 17.1 Å². The Hall–Kier alpha value is -2.62. The Morgan fingerprint density at radius 2 is 1.81 bits per heavy atom. The van der Waals surface area contributed by atoms with Crippen molar-refractivity contribution in [1.82, 2.24) is 4.90 Å². The van der Waals surface area contributed by atoms with Gasteiger partial charge in [0.25, 0.3) is 5.91 Å². The first-order chi connectivity index (χ1) is 15.1. The van der Waals surface area contributed by atoms with Crippen LogP contribution >= 0.6 is 0 Å². The molecule has 1 aliphatic carbocycles. The van der Waals surface area contributed by atoms with Crippen molar-refractivity contribution in [2.45, 2.75) is 77.3 Å². The summed E-state index contributed by atoms with van der Waals surface area (Å²) in [6.45, 7) is 4.98. The smallest absolute Gasteiger partial charge is 0.256 e. The number of benzene rings is 2. The lowest BCUT2D eigenvalue weighted by atomic mass is 9.96. The number of aliphatic imine (C=N–C) groups is 1. The third-order valence-corrected chi connectivity index (χ3v) is 6.79. The predicted molar refractivity (Wildman–Crippen MR) is 127 cm³/mol. The van der Waals surface area contributed by atoms with E-state index in [1.165, 1.54) is 16.7 Å². The molecule has 164 valence electrons. The summed E-state index contributed by atoms with van der Waals surface area (Å²) in [4.78, 5) is 20.3. The highest BCUT2D eigenvalue weighted by Gasteiger charge is 2.49. The molecule has 2 aliphatic rings. The molecule has 4 nitrogen and oxygen atoms in total. The molecule has 1 aliphatic heterocycles. The van der Waals surface area contributed by atoms with Crippen molar-refractivity contribution in [3.05, 3.63) is 53.6 Å². The third kappa shape index (κ3) is 4.26. The Morgan fingerprint density at radius 1 is 1.06 bits per heavy atom. The fraction of sp³-hybridized carbons (Fsp3) is 0.481. The summed E-state index contributed by atoms with van der Waals surface area (Å²) in [6, 6.07) is 14.9.